The molecule has 3 fully saturated rings. The van der Waals surface area contributed by atoms with Gasteiger partial charge in [-0.05, 0) is 74.2 Å². The number of thioether (sulfide) groups is 1. The molecule has 3 aromatic carbocycles. The van der Waals surface area contributed by atoms with E-state index in [-0.39, 0.29) is 60.9 Å². The monoisotopic (exact) mass is 932 g/mol. The topological polar surface area (TPSA) is 210 Å². The van der Waals surface area contributed by atoms with Crippen LogP contribution in [0.3, 0.4) is 0 Å². The summed E-state index contributed by atoms with van der Waals surface area (Å²) in [6.45, 7) is 6.69. The number of benzene rings is 3. The zero-order valence-electron chi connectivity index (χ0n) is 36.7. The first kappa shape index (κ1) is 47.8. The van der Waals surface area contributed by atoms with Crippen LogP contribution in [0, 0.1) is 6.92 Å². The Morgan fingerprint density at radius 1 is 0.877 bits per heavy atom. The van der Waals surface area contributed by atoms with Gasteiger partial charge in [-0.1, -0.05) is 42.3 Å². The highest BCUT2D eigenvalue weighted by atomic mass is 32.2. The van der Waals surface area contributed by atoms with Gasteiger partial charge in [-0.3, -0.25) is 14.4 Å². The number of carbonyl (C=O) groups excluding carboxylic acids is 4. The molecule has 0 aliphatic carbocycles. The lowest BCUT2D eigenvalue weighted by atomic mass is 10.0. The second-order valence-electron chi connectivity index (χ2n) is 16.4. The highest BCUT2D eigenvalue weighted by Crippen LogP contribution is 2.33. The molecule has 17 nitrogen and oxygen atoms in total. The molecule has 0 bridgehead atoms. The lowest BCUT2D eigenvalue weighted by molar-refractivity contribution is -0.122. The average Bonchev–Trinajstić information content (AvgIpc) is 3.98. The number of aromatic nitrogens is 1. The van der Waals surface area contributed by atoms with E-state index in [1.165, 1.54) is 12.1 Å². The fourth-order valence-corrected chi connectivity index (χ4v) is 11.0. The summed E-state index contributed by atoms with van der Waals surface area (Å²) in [5.74, 6) is 0.155. The van der Waals surface area contributed by atoms with Gasteiger partial charge in [0.05, 0.1) is 56.6 Å². The lowest BCUT2D eigenvalue weighted by Gasteiger charge is -2.29. The van der Waals surface area contributed by atoms with Gasteiger partial charge < -0.3 is 50.3 Å². The largest absolute Gasteiger partial charge is 0.378 e. The summed E-state index contributed by atoms with van der Waals surface area (Å²) >= 11 is 1.88. The number of hydrogen-bond donors (Lipinski definition) is 6. The van der Waals surface area contributed by atoms with Crippen LogP contribution in [-0.4, -0.2) is 132 Å². The number of morpholine rings is 1. The number of hydrogen-bond acceptors (Lipinski definition) is 11. The van der Waals surface area contributed by atoms with Crippen molar-refractivity contribution in [2.24, 2.45) is 0 Å². The fraction of sp³-hybridized carbons (Fsp3) is 0.478. The average molecular weight is 933 g/mol. The smallest absolute Gasteiger partial charge is 0.315 e. The van der Waals surface area contributed by atoms with E-state index in [4.69, 9.17) is 14.2 Å². The van der Waals surface area contributed by atoms with Crippen LogP contribution in [0.1, 0.15) is 36.8 Å². The zero-order valence-corrected chi connectivity index (χ0v) is 38.4. The van der Waals surface area contributed by atoms with E-state index < -0.39 is 22.0 Å². The molecule has 3 aliphatic heterocycles. The molecule has 3 aliphatic rings. The Morgan fingerprint density at radius 3 is 2.32 bits per heavy atom. The molecule has 65 heavy (non-hydrogen) atoms. The van der Waals surface area contributed by atoms with Crippen molar-refractivity contribution in [2.45, 2.75) is 73.8 Å². The van der Waals surface area contributed by atoms with Gasteiger partial charge in [-0.25, -0.2) is 13.2 Å². The number of carbonyl (C=O) groups is 4. The van der Waals surface area contributed by atoms with E-state index in [2.05, 4.69) is 36.2 Å². The molecule has 6 N–H and O–H groups in total. The Hall–Kier alpha value is -5.18. The van der Waals surface area contributed by atoms with Crippen molar-refractivity contribution in [1.29, 1.82) is 0 Å². The van der Waals surface area contributed by atoms with Crippen LogP contribution in [0.2, 0.25) is 0 Å². The van der Waals surface area contributed by atoms with Crippen molar-refractivity contribution >= 4 is 67.8 Å². The molecule has 0 unspecified atom stereocenters. The molecule has 19 heteroatoms. The van der Waals surface area contributed by atoms with E-state index in [9.17, 15) is 27.6 Å². The van der Waals surface area contributed by atoms with Crippen molar-refractivity contribution in [2.75, 3.05) is 81.8 Å². The predicted octanol–water partition coefficient (Wildman–Crippen LogP) is 3.31. The van der Waals surface area contributed by atoms with Crippen LogP contribution in [0.25, 0.3) is 10.9 Å². The summed E-state index contributed by atoms with van der Waals surface area (Å²) in [5.41, 5.74) is 3.89. The van der Waals surface area contributed by atoms with Crippen LogP contribution in [0.4, 0.5) is 16.2 Å². The predicted molar refractivity (Wildman–Crippen MR) is 251 cm³/mol. The second-order valence-corrected chi connectivity index (χ2v) is 19.4. The molecule has 3 saturated heterocycles. The summed E-state index contributed by atoms with van der Waals surface area (Å²) in [7, 11) is -4.10. The first-order valence-electron chi connectivity index (χ1n) is 22.3. The van der Waals surface area contributed by atoms with Gasteiger partial charge in [0, 0.05) is 72.1 Å². The fourth-order valence-electron chi connectivity index (χ4n) is 8.22. The van der Waals surface area contributed by atoms with E-state index in [0.717, 1.165) is 60.3 Å². The Balaban J connectivity index is 0.839. The molecule has 1 aromatic heterocycles. The minimum absolute atomic E-state index is 0.00533. The van der Waals surface area contributed by atoms with Crippen LogP contribution in [-0.2, 0) is 51.6 Å². The quantitative estimate of drug-likeness (QED) is 0.0444. The van der Waals surface area contributed by atoms with Crippen molar-refractivity contribution in [3.05, 3.63) is 90.1 Å². The number of aryl methyl sites for hydroxylation is 1. The molecule has 4 heterocycles. The zero-order chi connectivity index (χ0) is 45.6. The van der Waals surface area contributed by atoms with Gasteiger partial charge in [-0.2, -0.15) is 16.5 Å². The molecule has 4 aromatic rings. The van der Waals surface area contributed by atoms with Gasteiger partial charge in [-0.15, -0.1) is 0 Å². The minimum atomic E-state index is -4.10. The molecule has 350 valence electrons. The first-order valence-corrected chi connectivity index (χ1v) is 24.8. The molecule has 0 spiro atoms. The van der Waals surface area contributed by atoms with Crippen molar-refractivity contribution < 1.29 is 41.8 Å². The minimum Gasteiger partial charge on any atom is -0.378 e. The number of ether oxygens (including phenoxy) is 3. The summed E-state index contributed by atoms with van der Waals surface area (Å²) in [6.07, 6.45) is 4.97. The third-order valence-corrected chi connectivity index (χ3v) is 14.7. The van der Waals surface area contributed by atoms with E-state index in [1.54, 1.807) is 35.0 Å². The number of fused-ring (bicyclic) bond motifs is 2. The van der Waals surface area contributed by atoms with Crippen LogP contribution < -0.4 is 36.2 Å². The number of urea groups is 1. The normalized spacial score (nSPS) is 18.8. The Morgan fingerprint density at radius 2 is 1.58 bits per heavy atom. The highest BCUT2D eigenvalue weighted by Gasteiger charge is 2.42. The molecule has 0 radical (unpaired) electrons. The summed E-state index contributed by atoms with van der Waals surface area (Å²) in [5, 5.41) is 15.8. The maximum atomic E-state index is 14.0. The third kappa shape index (κ3) is 13.7. The Bertz CT molecular complexity index is 2340. The van der Waals surface area contributed by atoms with Crippen LogP contribution in [0.15, 0.2) is 83.9 Å². The maximum Gasteiger partial charge on any atom is 0.315 e. The first-order chi connectivity index (χ1) is 31.5. The molecule has 0 saturated carbocycles. The second kappa shape index (κ2) is 23.3. The number of anilines is 2. The lowest BCUT2D eigenvalue weighted by Crippen LogP contribution is -2.45. The maximum absolute atomic E-state index is 14.0. The highest BCUT2D eigenvalue weighted by molar-refractivity contribution is 8.00. The van der Waals surface area contributed by atoms with Gasteiger partial charge in [0.2, 0.25) is 27.7 Å². The van der Waals surface area contributed by atoms with E-state index in [0.29, 0.717) is 62.5 Å². The molecular formula is C46H60N8O9S2. The number of unbranched alkanes of at least 4 members (excludes halogenated alkanes) is 1. The number of rotatable bonds is 24. The molecule has 5 amide bonds. The van der Waals surface area contributed by atoms with Crippen LogP contribution >= 0.6 is 11.8 Å². The molecular weight excluding hydrogens is 873 g/mol. The number of nitrogens with one attached hydrogen (secondary N) is 6. The summed E-state index contributed by atoms with van der Waals surface area (Å²) in [4.78, 5) is 53.2. The third-order valence-electron chi connectivity index (χ3n) is 11.7. The van der Waals surface area contributed by atoms with Gasteiger partial charge in [0.15, 0.2) is 0 Å². The summed E-state index contributed by atoms with van der Waals surface area (Å²) in [6, 6.07) is 20.5. The standard InChI is InChI=1S/C46H60N8O9S2/c1-32-10-16-36(17-11-32)65(59,60)52-38(45(57)49-34-12-14-35(15-13-34)53-20-24-63-25-21-53)28-33-29-54(40-7-3-2-6-37(33)40)30-43(56)48-19-23-62-27-26-61-22-18-47-42(55)9-5-4-8-41-44-39(31-64-41)50-46(58)51-44/h2-3,6-7,10-17,29,38-39,41,44,52H,4-5,8-9,18-28,30-31H2,1H3,(H,47,55)(H,48,56)(H,49,57)(H2,50,51,58)/t38-,39-,41-,44-/m0/s1. The van der Waals surface area contributed by atoms with Gasteiger partial charge in [0.1, 0.15) is 12.6 Å². The summed E-state index contributed by atoms with van der Waals surface area (Å²) < 4.78 is 48.5. The molecule has 7 rings (SSSR count). The van der Waals surface area contributed by atoms with Gasteiger partial charge in [0.25, 0.3) is 0 Å². The number of sulfonamides is 1. The Kier molecular flexibility index (Phi) is 17.1. The van der Waals surface area contributed by atoms with Crippen LogP contribution in [0.5, 0.6) is 0 Å². The van der Waals surface area contributed by atoms with Crippen molar-refractivity contribution in [1.82, 2.24) is 30.6 Å². The van der Waals surface area contributed by atoms with Gasteiger partial charge >= 0.3 is 6.03 Å². The number of para-hydroxylation sites is 1. The van der Waals surface area contributed by atoms with E-state index >= 15 is 0 Å². The molecule has 4 atom stereocenters. The van der Waals surface area contributed by atoms with Crippen molar-refractivity contribution in [3.8, 4) is 0 Å². The van der Waals surface area contributed by atoms with Crippen molar-refractivity contribution in [3.63, 3.8) is 0 Å². The number of nitrogens with zero attached hydrogens (tertiary/aromatic N) is 2. The SMILES string of the molecule is Cc1ccc(S(=O)(=O)N[C@@H](Cc2cn(CC(=O)NCCOCCOCCNC(=O)CCCC[C@@H]3SC[C@@H]4NC(=O)N[C@@H]43)c3ccccc23)C(=O)Nc2ccc(N3CCOCC3)cc2)cc1. The number of amides is 5. The Labute approximate surface area is 384 Å². The van der Waals surface area contributed by atoms with E-state index in [1.807, 2.05) is 55.1 Å².